The molecule has 0 aliphatic rings. The van der Waals surface area contributed by atoms with E-state index in [2.05, 4.69) is 4.74 Å². The second-order valence-electron chi connectivity index (χ2n) is 3.94. The first-order valence-corrected chi connectivity index (χ1v) is 5.95. The molecule has 0 unspecified atom stereocenters. The van der Waals surface area contributed by atoms with Crippen LogP contribution in [0.2, 0.25) is 0 Å². The lowest BCUT2D eigenvalue weighted by Gasteiger charge is -2.06. The summed E-state index contributed by atoms with van der Waals surface area (Å²) in [6.07, 6.45) is 7.56. The van der Waals surface area contributed by atoms with Gasteiger partial charge in [-0.05, 0) is 19.3 Å². The largest absolute Gasteiger partial charge is 0.469 e. The minimum absolute atomic E-state index is 0.114. The quantitative estimate of drug-likeness (QED) is 0.476. The normalized spacial score (nSPS) is 12.5. The van der Waals surface area contributed by atoms with E-state index >= 15 is 0 Å². The molecule has 0 spiro atoms. The molecule has 0 aliphatic carbocycles. The molecular formula is C12H24O3. The molecule has 0 aromatic carbocycles. The highest BCUT2D eigenvalue weighted by molar-refractivity contribution is 5.68. The average molecular weight is 216 g/mol. The Morgan fingerprint density at radius 2 is 1.80 bits per heavy atom. The van der Waals surface area contributed by atoms with E-state index in [1.165, 1.54) is 7.11 Å². The monoisotopic (exact) mass is 216 g/mol. The molecule has 1 atom stereocenters. The summed E-state index contributed by atoms with van der Waals surface area (Å²) in [4.78, 5) is 10.8. The van der Waals surface area contributed by atoms with E-state index < -0.39 is 0 Å². The number of aliphatic hydroxyl groups is 1. The molecular weight excluding hydrogens is 192 g/mol. The van der Waals surface area contributed by atoms with Gasteiger partial charge in [0.1, 0.15) is 0 Å². The van der Waals surface area contributed by atoms with Gasteiger partial charge in [0.25, 0.3) is 0 Å². The molecule has 0 saturated carbocycles. The van der Waals surface area contributed by atoms with Crippen LogP contribution >= 0.6 is 0 Å². The van der Waals surface area contributed by atoms with E-state index in [-0.39, 0.29) is 12.1 Å². The molecule has 0 aliphatic heterocycles. The maximum Gasteiger partial charge on any atom is 0.305 e. The minimum atomic E-state index is -0.125. The third kappa shape index (κ3) is 9.73. The summed E-state index contributed by atoms with van der Waals surface area (Å²) >= 11 is 0. The SMILES string of the molecule is CC[C@@H](O)CCCCCCCC(=O)OC. The van der Waals surface area contributed by atoms with Crippen LogP contribution in [0.5, 0.6) is 0 Å². The molecule has 0 fully saturated rings. The fraction of sp³-hybridized carbons (Fsp3) is 0.917. The van der Waals surface area contributed by atoms with E-state index in [4.69, 9.17) is 0 Å². The lowest BCUT2D eigenvalue weighted by Crippen LogP contribution is -2.03. The van der Waals surface area contributed by atoms with Gasteiger partial charge in [0.15, 0.2) is 0 Å². The number of ether oxygens (including phenoxy) is 1. The van der Waals surface area contributed by atoms with Crippen LogP contribution in [-0.4, -0.2) is 24.3 Å². The third-order valence-corrected chi connectivity index (χ3v) is 2.62. The molecule has 0 radical (unpaired) electrons. The number of rotatable bonds is 9. The van der Waals surface area contributed by atoms with Crippen molar-refractivity contribution in [2.45, 2.75) is 64.4 Å². The lowest BCUT2D eigenvalue weighted by molar-refractivity contribution is -0.140. The summed E-state index contributed by atoms with van der Waals surface area (Å²) < 4.78 is 4.55. The standard InChI is InChI=1S/C12H24O3/c1-3-11(13)9-7-5-4-6-8-10-12(14)15-2/h11,13H,3-10H2,1-2H3/t11-/m1/s1. The van der Waals surface area contributed by atoms with Crippen molar-refractivity contribution in [2.24, 2.45) is 0 Å². The highest BCUT2D eigenvalue weighted by Crippen LogP contribution is 2.10. The number of hydrogen-bond acceptors (Lipinski definition) is 3. The maximum atomic E-state index is 10.8. The first kappa shape index (κ1) is 14.4. The second-order valence-corrected chi connectivity index (χ2v) is 3.94. The second kappa shape index (κ2) is 9.97. The van der Waals surface area contributed by atoms with Crippen LogP contribution in [-0.2, 0) is 9.53 Å². The molecule has 0 heterocycles. The molecule has 3 heteroatoms. The Kier molecular flexibility index (Phi) is 9.59. The van der Waals surface area contributed by atoms with E-state index in [1.54, 1.807) is 0 Å². The van der Waals surface area contributed by atoms with Crippen molar-refractivity contribution in [3.05, 3.63) is 0 Å². The van der Waals surface area contributed by atoms with Crippen molar-refractivity contribution in [3.63, 3.8) is 0 Å². The van der Waals surface area contributed by atoms with Crippen LogP contribution in [0.3, 0.4) is 0 Å². The van der Waals surface area contributed by atoms with Gasteiger partial charge in [-0.3, -0.25) is 4.79 Å². The number of carbonyl (C=O) groups is 1. The Morgan fingerprint density at radius 3 is 2.40 bits per heavy atom. The molecule has 0 amide bonds. The van der Waals surface area contributed by atoms with Crippen LogP contribution < -0.4 is 0 Å². The summed E-state index contributed by atoms with van der Waals surface area (Å²) in [5, 5.41) is 9.30. The predicted molar refractivity (Wildman–Crippen MR) is 60.6 cm³/mol. The van der Waals surface area contributed by atoms with Crippen LogP contribution in [0.15, 0.2) is 0 Å². The van der Waals surface area contributed by atoms with Crippen molar-refractivity contribution >= 4 is 5.97 Å². The fourth-order valence-electron chi connectivity index (χ4n) is 1.49. The Morgan fingerprint density at radius 1 is 1.20 bits per heavy atom. The number of aliphatic hydroxyl groups excluding tert-OH is 1. The Balaban J connectivity index is 3.08. The van der Waals surface area contributed by atoms with Gasteiger partial charge in [0.05, 0.1) is 13.2 Å². The van der Waals surface area contributed by atoms with Crippen molar-refractivity contribution in [1.29, 1.82) is 0 Å². The number of unbranched alkanes of at least 4 members (excludes halogenated alkanes) is 4. The minimum Gasteiger partial charge on any atom is -0.469 e. The Bertz CT molecular complexity index is 157. The summed E-state index contributed by atoms with van der Waals surface area (Å²) in [5.41, 5.74) is 0. The highest BCUT2D eigenvalue weighted by atomic mass is 16.5. The summed E-state index contributed by atoms with van der Waals surface area (Å²) in [6, 6.07) is 0. The first-order valence-electron chi connectivity index (χ1n) is 5.95. The number of hydrogen-bond donors (Lipinski definition) is 1. The smallest absolute Gasteiger partial charge is 0.305 e. The van der Waals surface area contributed by atoms with E-state index in [0.717, 1.165) is 44.9 Å². The zero-order chi connectivity index (χ0) is 11.5. The fourth-order valence-corrected chi connectivity index (χ4v) is 1.49. The van der Waals surface area contributed by atoms with Crippen LogP contribution in [0.25, 0.3) is 0 Å². The molecule has 0 aromatic heterocycles. The average Bonchev–Trinajstić information content (AvgIpc) is 2.26. The number of carbonyl (C=O) groups excluding carboxylic acids is 1. The predicted octanol–water partition coefficient (Wildman–Crippen LogP) is 2.66. The van der Waals surface area contributed by atoms with E-state index in [9.17, 15) is 9.90 Å². The summed E-state index contributed by atoms with van der Waals surface area (Å²) in [5.74, 6) is -0.114. The van der Waals surface area contributed by atoms with Gasteiger partial charge in [-0.25, -0.2) is 0 Å². The van der Waals surface area contributed by atoms with Gasteiger partial charge in [-0.15, -0.1) is 0 Å². The van der Waals surface area contributed by atoms with E-state index in [1.807, 2.05) is 6.92 Å². The zero-order valence-corrected chi connectivity index (χ0v) is 10.00. The molecule has 3 nitrogen and oxygen atoms in total. The first-order chi connectivity index (χ1) is 7.20. The van der Waals surface area contributed by atoms with Gasteiger partial charge in [-0.2, -0.15) is 0 Å². The molecule has 1 N–H and O–H groups in total. The van der Waals surface area contributed by atoms with Gasteiger partial charge in [0.2, 0.25) is 0 Å². The lowest BCUT2D eigenvalue weighted by atomic mass is 10.1. The van der Waals surface area contributed by atoms with Crippen molar-refractivity contribution in [3.8, 4) is 0 Å². The van der Waals surface area contributed by atoms with Crippen molar-refractivity contribution < 1.29 is 14.6 Å². The van der Waals surface area contributed by atoms with Gasteiger partial charge in [-0.1, -0.05) is 32.6 Å². The van der Waals surface area contributed by atoms with Crippen LogP contribution in [0.1, 0.15) is 58.3 Å². The van der Waals surface area contributed by atoms with Gasteiger partial charge in [0, 0.05) is 6.42 Å². The highest BCUT2D eigenvalue weighted by Gasteiger charge is 2.01. The molecule has 0 saturated heterocycles. The number of methoxy groups -OCH3 is 1. The molecule has 15 heavy (non-hydrogen) atoms. The molecule has 0 bridgehead atoms. The Hall–Kier alpha value is -0.570. The van der Waals surface area contributed by atoms with E-state index in [0.29, 0.717) is 6.42 Å². The summed E-state index contributed by atoms with van der Waals surface area (Å²) in [7, 11) is 1.43. The Labute approximate surface area is 92.8 Å². The number of esters is 1. The van der Waals surface area contributed by atoms with Crippen molar-refractivity contribution in [1.82, 2.24) is 0 Å². The van der Waals surface area contributed by atoms with Crippen molar-refractivity contribution in [2.75, 3.05) is 7.11 Å². The third-order valence-electron chi connectivity index (χ3n) is 2.62. The van der Waals surface area contributed by atoms with Gasteiger partial charge < -0.3 is 9.84 Å². The molecule has 0 rings (SSSR count). The van der Waals surface area contributed by atoms with Crippen LogP contribution in [0.4, 0.5) is 0 Å². The summed E-state index contributed by atoms with van der Waals surface area (Å²) in [6.45, 7) is 2.00. The molecule has 90 valence electrons. The zero-order valence-electron chi connectivity index (χ0n) is 10.00. The topological polar surface area (TPSA) is 46.5 Å². The van der Waals surface area contributed by atoms with Crippen LogP contribution in [0, 0.1) is 0 Å². The molecule has 0 aromatic rings. The maximum absolute atomic E-state index is 10.8. The van der Waals surface area contributed by atoms with Gasteiger partial charge >= 0.3 is 5.97 Å².